The van der Waals surface area contributed by atoms with Gasteiger partial charge in [-0.25, -0.2) is 4.79 Å². The molecule has 0 aromatic rings. The van der Waals surface area contributed by atoms with Gasteiger partial charge in [0.2, 0.25) is 0 Å². The Morgan fingerprint density at radius 3 is 2.12 bits per heavy atom. The van der Waals surface area contributed by atoms with Gasteiger partial charge in [0, 0.05) is 7.05 Å². The Morgan fingerprint density at radius 1 is 1.06 bits per heavy atom. The summed E-state index contributed by atoms with van der Waals surface area (Å²) in [5.41, 5.74) is 0. The van der Waals surface area contributed by atoms with E-state index in [4.69, 9.17) is 0 Å². The quantitative estimate of drug-likeness (QED) is 0.653. The second-order valence-electron chi connectivity index (χ2n) is 3.12. The van der Waals surface area contributed by atoms with Crippen molar-refractivity contribution in [3.63, 3.8) is 0 Å². The van der Waals surface area contributed by atoms with Crippen molar-refractivity contribution in [2.45, 2.75) is 13.8 Å². The monoisotopic (exact) mass is 246 g/mol. The second-order valence-corrected chi connectivity index (χ2v) is 3.12. The summed E-state index contributed by atoms with van der Waals surface area (Å²) in [6.45, 7) is 3.48. The number of ether oxygens (including phenoxy) is 2. The van der Waals surface area contributed by atoms with E-state index in [9.17, 15) is 14.4 Å². The molecule has 0 atom stereocenters. The number of nitrogens with zero attached hydrogens (tertiary/aromatic N) is 1. The third kappa shape index (κ3) is 7.15. The SMILES string of the molecule is CCOC(=O)CNC(=O)N(C)CC(=O)OCC. The van der Waals surface area contributed by atoms with Crippen molar-refractivity contribution < 1.29 is 23.9 Å². The van der Waals surface area contributed by atoms with E-state index in [-0.39, 0.29) is 26.3 Å². The van der Waals surface area contributed by atoms with Crippen molar-refractivity contribution in [1.82, 2.24) is 10.2 Å². The molecule has 1 N–H and O–H groups in total. The Balaban J connectivity index is 3.89. The molecule has 0 fully saturated rings. The molecule has 0 aromatic heterocycles. The average molecular weight is 246 g/mol. The van der Waals surface area contributed by atoms with Gasteiger partial charge in [-0.3, -0.25) is 9.59 Å². The molecule has 7 heteroatoms. The van der Waals surface area contributed by atoms with Crippen LogP contribution < -0.4 is 5.32 Å². The summed E-state index contributed by atoms with van der Waals surface area (Å²) in [4.78, 5) is 34.5. The topological polar surface area (TPSA) is 84.9 Å². The van der Waals surface area contributed by atoms with Crippen LogP contribution in [0.1, 0.15) is 13.8 Å². The minimum Gasteiger partial charge on any atom is -0.465 e. The summed E-state index contributed by atoms with van der Waals surface area (Å²) in [6, 6.07) is -0.536. The first-order chi connectivity index (χ1) is 8.01. The van der Waals surface area contributed by atoms with Crippen LogP contribution in [0.15, 0.2) is 0 Å². The summed E-state index contributed by atoms with van der Waals surface area (Å²) >= 11 is 0. The lowest BCUT2D eigenvalue weighted by Crippen LogP contribution is -2.42. The Morgan fingerprint density at radius 2 is 1.59 bits per heavy atom. The van der Waals surface area contributed by atoms with Gasteiger partial charge in [-0.05, 0) is 13.8 Å². The van der Waals surface area contributed by atoms with Crippen molar-refractivity contribution in [2.75, 3.05) is 33.4 Å². The van der Waals surface area contributed by atoms with Crippen LogP contribution in [0.3, 0.4) is 0 Å². The molecule has 0 aliphatic carbocycles. The molecule has 0 aliphatic rings. The highest BCUT2D eigenvalue weighted by Gasteiger charge is 2.14. The number of likely N-dealkylation sites (N-methyl/N-ethyl adjacent to an activating group) is 1. The molecule has 0 saturated heterocycles. The number of carbonyl (C=O) groups excluding carboxylic acids is 3. The third-order valence-electron chi connectivity index (χ3n) is 1.71. The molecule has 0 bridgehead atoms. The van der Waals surface area contributed by atoms with Gasteiger partial charge in [-0.1, -0.05) is 0 Å². The maximum Gasteiger partial charge on any atom is 0.325 e. The fourth-order valence-corrected chi connectivity index (χ4v) is 0.967. The number of carbonyl (C=O) groups is 3. The Kier molecular flexibility index (Phi) is 7.49. The predicted octanol–water partition coefficient (Wildman–Crippen LogP) is -0.246. The molecule has 0 heterocycles. The zero-order chi connectivity index (χ0) is 13.3. The van der Waals surface area contributed by atoms with Crippen molar-refractivity contribution in [3.8, 4) is 0 Å². The van der Waals surface area contributed by atoms with Crippen LogP contribution in [0.25, 0.3) is 0 Å². The number of hydrogen-bond acceptors (Lipinski definition) is 5. The summed E-state index contributed by atoms with van der Waals surface area (Å²) in [6.07, 6.45) is 0. The van der Waals surface area contributed by atoms with Gasteiger partial charge in [0.15, 0.2) is 0 Å². The van der Waals surface area contributed by atoms with E-state index in [1.807, 2.05) is 0 Å². The highest BCUT2D eigenvalue weighted by Crippen LogP contribution is 1.87. The molecule has 0 spiro atoms. The maximum atomic E-state index is 11.4. The smallest absolute Gasteiger partial charge is 0.325 e. The lowest BCUT2D eigenvalue weighted by Gasteiger charge is -2.16. The van der Waals surface area contributed by atoms with Gasteiger partial charge in [0.05, 0.1) is 13.2 Å². The number of amides is 2. The van der Waals surface area contributed by atoms with E-state index in [0.29, 0.717) is 0 Å². The molecule has 2 amide bonds. The molecule has 98 valence electrons. The number of hydrogen-bond donors (Lipinski definition) is 1. The van der Waals surface area contributed by atoms with Crippen LogP contribution in [0.2, 0.25) is 0 Å². The zero-order valence-electron chi connectivity index (χ0n) is 10.3. The molecule has 17 heavy (non-hydrogen) atoms. The molecule has 0 aliphatic heterocycles. The van der Waals surface area contributed by atoms with Crippen LogP contribution in [0, 0.1) is 0 Å². The Hall–Kier alpha value is -1.79. The third-order valence-corrected chi connectivity index (χ3v) is 1.71. The van der Waals surface area contributed by atoms with Crippen LogP contribution >= 0.6 is 0 Å². The standard InChI is InChI=1S/C10H18N2O5/c1-4-16-8(13)6-11-10(15)12(3)7-9(14)17-5-2/h4-7H2,1-3H3,(H,11,15). The van der Waals surface area contributed by atoms with E-state index in [2.05, 4.69) is 14.8 Å². The van der Waals surface area contributed by atoms with Gasteiger partial charge in [0.25, 0.3) is 0 Å². The number of nitrogens with one attached hydrogen (secondary N) is 1. The molecule has 0 rings (SSSR count). The van der Waals surface area contributed by atoms with E-state index in [1.165, 1.54) is 7.05 Å². The molecule has 0 radical (unpaired) electrons. The van der Waals surface area contributed by atoms with Gasteiger partial charge in [-0.15, -0.1) is 0 Å². The Bertz CT molecular complexity index is 280. The van der Waals surface area contributed by atoms with Crippen molar-refractivity contribution >= 4 is 18.0 Å². The maximum absolute atomic E-state index is 11.4. The average Bonchev–Trinajstić information content (AvgIpc) is 2.26. The van der Waals surface area contributed by atoms with Gasteiger partial charge < -0.3 is 19.7 Å². The Labute approximate surface area is 100 Å². The summed E-state index contributed by atoms with van der Waals surface area (Å²) in [7, 11) is 1.43. The molecular weight excluding hydrogens is 228 g/mol. The second kappa shape index (κ2) is 8.37. The number of esters is 2. The summed E-state index contributed by atoms with van der Waals surface area (Å²) in [5.74, 6) is -1.02. The van der Waals surface area contributed by atoms with E-state index >= 15 is 0 Å². The van der Waals surface area contributed by atoms with Crippen LogP contribution in [0.5, 0.6) is 0 Å². The fourth-order valence-electron chi connectivity index (χ4n) is 0.967. The van der Waals surface area contributed by atoms with Crippen LogP contribution in [-0.4, -0.2) is 56.2 Å². The lowest BCUT2D eigenvalue weighted by atomic mass is 10.5. The van der Waals surface area contributed by atoms with Gasteiger partial charge in [-0.2, -0.15) is 0 Å². The summed E-state index contributed by atoms with van der Waals surface area (Å²) in [5, 5.41) is 2.32. The molecule has 0 unspecified atom stereocenters. The molecule has 0 aromatic carbocycles. The van der Waals surface area contributed by atoms with Gasteiger partial charge in [0.1, 0.15) is 13.1 Å². The minimum absolute atomic E-state index is 0.164. The minimum atomic E-state index is -0.536. The first-order valence-corrected chi connectivity index (χ1v) is 5.31. The lowest BCUT2D eigenvalue weighted by molar-refractivity contribution is -0.143. The number of urea groups is 1. The fraction of sp³-hybridized carbons (Fsp3) is 0.700. The van der Waals surface area contributed by atoms with Crippen molar-refractivity contribution in [3.05, 3.63) is 0 Å². The predicted molar refractivity (Wildman–Crippen MR) is 59.3 cm³/mol. The normalized spacial score (nSPS) is 9.35. The highest BCUT2D eigenvalue weighted by atomic mass is 16.5. The first kappa shape index (κ1) is 15.2. The van der Waals surface area contributed by atoms with Gasteiger partial charge >= 0.3 is 18.0 Å². The summed E-state index contributed by atoms with van der Waals surface area (Å²) < 4.78 is 9.30. The van der Waals surface area contributed by atoms with Crippen LogP contribution in [-0.2, 0) is 19.1 Å². The molecule has 7 nitrogen and oxygen atoms in total. The number of rotatable bonds is 6. The molecular formula is C10H18N2O5. The van der Waals surface area contributed by atoms with E-state index in [0.717, 1.165) is 4.90 Å². The van der Waals surface area contributed by atoms with Crippen LogP contribution in [0.4, 0.5) is 4.79 Å². The first-order valence-electron chi connectivity index (χ1n) is 5.31. The van der Waals surface area contributed by atoms with Crippen molar-refractivity contribution in [1.29, 1.82) is 0 Å². The zero-order valence-corrected chi connectivity index (χ0v) is 10.3. The molecule has 0 saturated carbocycles. The van der Waals surface area contributed by atoms with E-state index < -0.39 is 18.0 Å². The van der Waals surface area contributed by atoms with E-state index in [1.54, 1.807) is 13.8 Å². The largest absolute Gasteiger partial charge is 0.465 e. The van der Waals surface area contributed by atoms with Crippen molar-refractivity contribution in [2.24, 2.45) is 0 Å². The highest BCUT2D eigenvalue weighted by molar-refractivity contribution is 5.83.